The number of esters is 1. The molecule has 0 fully saturated rings. The predicted molar refractivity (Wildman–Crippen MR) is 107 cm³/mol. The van der Waals surface area contributed by atoms with Crippen LogP contribution >= 0.6 is 12.4 Å². The highest BCUT2D eigenvalue weighted by atomic mass is 35.5. The van der Waals surface area contributed by atoms with Crippen LogP contribution in [0.5, 0.6) is 0 Å². The highest BCUT2D eigenvalue weighted by Gasteiger charge is 2.27. The maximum Gasteiger partial charge on any atom is 0.338 e. The van der Waals surface area contributed by atoms with Crippen molar-refractivity contribution < 1.29 is 17.9 Å². The summed E-state index contributed by atoms with van der Waals surface area (Å²) >= 11 is 0. The van der Waals surface area contributed by atoms with E-state index < -0.39 is 16.0 Å². The molecule has 2 N–H and O–H groups in total. The molecule has 8 heteroatoms. The third kappa shape index (κ3) is 5.52. The average molecular weight is 413 g/mol. The van der Waals surface area contributed by atoms with Crippen LogP contribution < -0.4 is 5.73 Å². The summed E-state index contributed by atoms with van der Waals surface area (Å²) in [5, 5.41) is 0. The molecule has 0 bridgehead atoms. The Morgan fingerprint density at radius 1 is 1.11 bits per heavy atom. The van der Waals surface area contributed by atoms with Gasteiger partial charge in [0.05, 0.1) is 17.6 Å². The van der Waals surface area contributed by atoms with Gasteiger partial charge in [-0.05, 0) is 43.1 Å². The van der Waals surface area contributed by atoms with Gasteiger partial charge in [0.2, 0.25) is 10.0 Å². The van der Waals surface area contributed by atoms with E-state index in [9.17, 15) is 13.2 Å². The van der Waals surface area contributed by atoms with Crippen molar-refractivity contribution in [1.82, 2.24) is 4.31 Å². The first-order valence-corrected chi connectivity index (χ1v) is 9.78. The smallest absolute Gasteiger partial charge is 0.338 e. The van der Waals surface area contributed by atoms with E-state index in [0.29, 0.717) is 25.1 Å². The number of rotatable bonds is 8. The molecular formula is C19H25ClN2O4S. The van der Waals surface area contributed by atoms with E-state index >= 15 is 0 Å². The first-order valence-electron chi connectivity index (χ1n) is 8.34. The lowest BCUT2D eigenvalue weighted by atomic mass is 10.1. The number of carbonyl (C=O) groups excluding carboxylic acids is 1. The second-order valence-electron chi connectivity index (χ2n) is 5.89. The van der Waals surface area contributed by atoms with Gasteiger partial charge in [-0.25, -0.2) is 13.2 Å². The quantitative estimate of drug-likeness (QED) is 0.673. The minimum Gasteiger partial charge on any atom is -0.465 e. The van der Waals surface area contributed by atoms with Crippen LogP contribution in [0.1, 0.15) is 27.9 Å². The van der Waals surface area contributed by atoms with Crippen molar-refractivity contribution in [3.05, 3.63) is 65.2 Å². The third-order valence-corrected chi connectivity index (χ3v) is 6.11. The summed E-state index contributed by atoms with van der Waals surface area (Å²) in [4.78, 5) is 12.0. The van der Waals surface area contributed by atoms with E-state index in [1.54, 1.807) is 19.1 Å². The number of hydrogen-bond acceptors (Lipinski definition) is 5. The molecule has 0 saturated heterocycles. The van der Waals surface area contributed by atoms with E-state index in [2.05, 4.69) is 0 Å². The number of carbonyl (C=O) groups is 1. The number of methoxy groups -OCH3 is 1. The van der Waals surface area contributed by atoms with Gasteiger partial charge in [0.1, 0.15) is 0 Å². The Morgan fingerprint density at radius 2 is 1.78 bits per heavy atom. The number of halogens is 1. The summed E-state index contributed by atoms with van der Waals surface area (Å²) in [6.45, 7) is 2.55. The number of nitrogens with two attached hydrogens (primary N) is 1. The number of sulfonamides is 1. The van der Waals surface area contributed by atoms with Gasteiger partial charge in [-0.15, -0.1) is 12.4 Å². The topological polar surface area (TPSA) is 89.7 Å². The molecule has 0 aliphatic carbocycles. The fourth-order valence-corrected chi connectivity index (χ4v) is 4.42. The summed E-state index contributed by atoms with van der Waals surface area (Å²) in [5.74, 6) is -0.559. The van der Waals surface area contributed by atoms with Gasteiger partial charge in [0.15, 0.2) is 0 Å². The van der Waals surface area contributed by atoms with E-state index in [1.165, 1.54) is 17.5 Å². The molecule has 0 aliphatic heterocycles. The number of nitrogens with zero attached hydrogens (tertiary/aromatic N) is 1. The summed E-state index contributed by atoms with van der Waals surface area (Å²) in [5.41, 5.74) is 7.09. The average Bonchev–Trinajstić information content (AvgIpc) is 2.65. The van der Waals surface area contributed by atoms with E-state index in [1.807, 2.05) is 30.3 Å². The largest absolute Gasteiger partial charge is 0.465 e. The Kier molecular flexibility index (Phi) is 8.92. The van der Waals surface area contributed by atoms with Gasteiger partial charge in [-0.1, -0.05) is 36.4 Å². The Labute approximate surface area is 166 Å². The zero-order valence-electron chi connectivity index (χ0n) is 15.4. The fraction of sp³-hybridized carbons (Fsp3) is 0.316. The molecule has 6 nitrogen and oxygen atoms in total. The Bertz CT molecular complexity index is 857. The Morgan fingerprint density at radius 3 is 2.37 bits per heavy atom. The highest BCUT2D eigenvalue weighted by Crippen LogP contribution is 2.24. The van der Waals surface area contributed by atoms with Crippen LogP contribution in [0.3, 0.4) is 0 Å². The standard InChI is InChI=1S/C19H24N2O4S.ClH/c1-15-17(19(22)25-2)10-6-11-18(15)26(23,24)21(13-7-12-20)14-16-8-4-3-5-9-16;/h3-6,8-11H,7,12-14,20H2,1-2H3;1H. The van der Waals surface area contributed by atoms with E-state index in [4.69, 9.17) is 10.5 Å². The van der Waals surface area contributed by atoms with Crippen molar-refractivity contribution in [2.45, 2.75) is 24.8 Å². The van der Waals surface area contributed by atoms with Gasteiger partial charge < -0.3 is 10.5 Å². The zero-order valence-corrected chi connectivity index (χ0v) is 17.1. The number of ether oxygens (including phenoxy) is 1. The number of hydrogen-bond donors (Lipinski definition) is 1. The molecule has 27 heavy (non-hydrogen) atoms. The van der Waals surface area contributed by atoms with Crippen molar-refractivity contribution in [3.8, 4) is 0 Å². The predicted octanol–water partition coefficient (Wildman–Crippen LogP) is 2.74. The molecule has 0 heterocycles. The second kappa shape index (κ2) is 10.4. The van der Waals surface area contributed by atoms with Crippen LogP contribution in [0.15, 0.2) is 53.4 Å². The molecule has 0 amide bonds. The van der Waals surface area contributed by atoms with Gasteiger partial charge >= 0.3 is 5.97 Å². The lowest BCUT2D eigenvalue weighted by molar-refractivity contribution is 0.0599. The van der Waals surface area contributed by atoms with Crippen LogP contribution in [0.25, 0.3) is 0 Å². The van der Waals surface area contributed by atoms with Gasteiger partial charge in [-0.3, -0.25) is 0 Å². The molecule has 0 atom stereocenters. The van der Waals surface area contributed by atoms with Gasteiger partial charge in [0, 0.05) is 13.1 Å². The molecule has 0 unspecified atom stereocenters. The molecule has 2 aromatic rings. The van der Waals surface area contributed by atoms with Crippen LogP contribution in [0.2, 0.25) is 0 Å². The Hall–Kier alpha value is -1.93. The molecular weight excluding hydrogens is 388 g/mol. The normalized spacial score (nSPS) is 11.1. The molecule has 0 saturated carbocycles. The van der Waals surface area contributed by atoms with Gasteiger partial charge in [-0.2, -0.15) is 4.31 Å². The zero-order chi connectivity index (χ0) is 19.2. The van der Waals surface area contributed by atoms with Gasteiger partial charge in [0.25, 0.3) is 0 Å². The maximum absolute atomic E-state index is 13.3. The molecule has 0 aliphatic rings. The van der Waals surface area contributed by atoms with Crippen molar-refractivity contribution in [1.29, 1.82) is 0 Å². The third-order valence-electron chi connectivity index (χ3n) is 4.12. The number of benzene rings is 2. The lowest BCUT2D eigenvalue weighted by Gasteiger charge is -2.23. The summed E-state index contributed by atoms with van der Waals surface area (Å²) in [7, 11) is -2.53. The minimum absolute atomic E-state index is 0. The van der Waals surface area contributed by atoms with Crippen LogP contribution in [-0.2, 0) is 21.3 Å². The van der Waals surface area contributed by atoms with Crippen LogP contribution in [0, 0.1) is 6.92 Å². The summed E-state index contributed by atoms with van der Waals surface area (Å²) in [6.07, 6.45) is 0.543. The highest BCUT2D eigenvalue weighted by molar-refractivity contribution is 7.89. The molecule has 148 valence electrons. The lowest BCUT2D eigenvalue weighted by Crippen LogP contribution is -2.33. The van der Waals surface area contributed by atoms with E-state index in [0.717, 1.165) is 5.56 Å². The van der Waals surface area contributed by atoms with Crippen molar-refractivity contribution in [2.75, 3.05) is 20.2 Å². The second-order valence-corrected chi connectivity index (χ2v) is 7.79. The van der Waals surface area contributed by atoms with Crippen molar-refractivity contribution in [2.24, 2.45) is 5.73 Å². The molecule has 0 radical (unpaired) electrons. The summed E-state index contributed by atoms with van der Waals surface area (Å²) < 4.78 is 32.7. The molecule has 0 spiro atoms. The SMILES string of the molecule is COC(=O)c1cccc(S(=O)(=O)N(CCCN)Cc2ccccc2)c1C.Cl. The van der Waals surface area contributed by atoms with Crippen LogP contribution in [0.4, 0.5) is 0 Å². The monoisotopic (exact) mass is 412 g/mol. The van der Waals surface area contributed by atoms with E-state index in [-0.39, 0.29) is 29.4 Å². The maximum atomic E-state index is 13.3. The Balaban J connectivity index is 0.00000364. The first-order chi connectivity index (χ1) is 12.4. The van der Waals surface area contributed by atoms with Crippen molar-refractivity contribution >= 4 is 28.4 Å². The fourth-order valence-electron chi connectivity index (χ4n) is 2.70. The molecule has 2 aromatic carbocycles. The minimum atomic E-state index is -3.80. The summed E-state index contributed by atoms with van der Waals surface area (Å²) in [6, 6.07) is 14.0. The van der Waals surface area contributed by atoms with Crippen LogP contribution in [-0.4, -0.2) is 38.9 Å². The molecule has 2 rings (SSSR count). The molecule has 0 aromatic heterocycles. The first kappa shape index (κ1) is 23.1. The van der Waals surface area contributed by atoms with Crippen molar-refractivity contribution in [3.63, 3.8) is 0 Å².